The van der Waals surface area contributed by atoms with Gasteiger partial charge in [-0.3, -0.25) is 4.79 Å². The molecule has 3 aliphatic heterocycles. The van der Waals surface area contributed by atoms with Crippen LogP contribution in [-0.2, 0) is 4.79 Å². The fraction of sp³-hybridized carbons (Fsp3) is 0.600. The summed E-state index contributed by atoms with van der Waals surface area (Å²) in [6.45, 7) is 2.32. The zero-order valence-electron chi connectivity index (χ0n) is 15.6. The van der Waals surface area contributed by atoms with Crippen molar-refractivity contribution in [1.29, 1.82) is 0 Å². The maximum atomic E-state index is 12.8. The van der Waals surface area contributed by atoms with E-state index in [-0.39, 0.29) is 6.03 Å². The lowest BCUT2D eigenvalue weighted by Crippen LogP contribution is -2.61. The van der Waals surface area contributed by atoms with Crippen LogP contribution in [0.2, 0.25) is 0 Å². The molecule has 3 fully saturated rings. The Morgan fingerprint density at radius 3 is 2.88 bits per heavy atom. The van der Waals surface area contributed by atoms with E-state index in [2.05, 4.69) is 10.2 Å². The van der Waals surface area contributed by atoms with Crippen molar-refractivity contribution in [1.82, 2.24) is 9.80 Å². The molecule has 3 aliphatic rings. The highest BCUT2D eigenvalue weighted by Crippen LogP contribution is 2.38. The minimum Gasteiger partial charge on any atom is -0.378 e. The number of fused-ring (bicyclic) bond motifs is 4. The molecule has 0 spiro atoms. The summed E-state index contributed by atoms with van der Waals surface area (Å²) in [6, 6.07) is 8.21. The Morgan fingerprint density at radius 2 is 2.08 bits per heavy atom. The second-order valence-electron chi connectivity index (χ2n) is 8.15. The van der Waals surface area contributed by atoms with E-state index < -0.39 is 0 Å². The lowest BCUT2D eigenvalue weighted by Gasteiger charge is -2.52. The minimum absolute atomic E-state index is 0.0220. The molecule has 3 heterocycles. The van der Waals surface area contributed by atoms with Gasteiger partial charge in [0.2, 0.25) is 5.91 Å². The summed E-state index contributed by atoms with van der Waals surface area (Å²) in [5.41, 5.74) is 1.89. The molecule has 0 radical (unpaired) electrons. The topological polar surface area (TPSA) is 55.9 Å². The molecular formula is C20H28N4O2. The Labute approximate surface area is 155 Å². The third-order valence-corrected chi connectivity index (χ3v) is 6.08. The van der Waals surface area contributed by atoms with E-state index in [0.717, 1.165) is 50.3 Å². The summed E-state index contributed by atoms with van der Waals surface area (Å²) in [6.07, 6.45) is 3.92. The first-order valence-electron chi connectivity index (χ1n) is 9.64. The van der Waals surface area contributed by atoms with Crippen LogP contribution in [0.5, 0.6) is 0 Å². The zero-order chi connectivity index (χ0) is 18.3. The predicted molar refractivity (Wildman–Crippen MR) is 102 cm³/mol. The number of nitrogens with one attached hydrogen (secondary N) is 1. The zero-order valence-corrected chi connectivity index (χ0v) is 15.6. The Balaban J connectivity index is 1.44. The van der Waals surface area contributed by atoms with Crippen LogP contribution in [0.4, 0.5) is 16.2 Å². The van der Waals surface area contributed by atoms with E-state index in [0.29, 0.717) is 30.2 Å². The third-order valence-electron chi connectivity index (χ3n) is 6.08. The smallest absolute Gasteiger partial charge is 0.321 e. The molecule has 3 saturated heterocycles. The maximum absolute atomic E-state index is 12.8. The lowest BCUT2D eigenvalue weighted by atomic mass is 9.76. The summed E-state index contributed by atoms with van der Waals surface area (Å²) in [4.78, 5) is 31.1. The summed E-state index contributed by atoms with van der Waals surface area (Å²) in [7, 11) is 3.98. The number of hydrogen-bond acceptors (Lipinski definition) is 3. The van der Waals surface area contributed by atoms with Crippen molar-refractivity contribution >= 4 is 23.3 Å². The molecule has 140 valence electrons. The molecule has 3 amide bonds. The number of carbonyl (C=O) groups excluding carboxylic acids is 2. The van der Waals surface area contributed by atoms with Crippen LogP contribution >= 0.6 is 0 Å². The van der Waals surface area contributed by atoms with E-state index in [1.165, 1.54) is 0 Å². The van der Waals surface area contributed by atoms with Crippen molar-refractivity contribution in [3.63, 3.8) is 0 Å². The lowest BCUT2D eigenvalue weighted by molar-refractivity contribution is -0.144. The van der Waals surface area contributed by atoms with Gasteiger partial charge in [0, 0.05) is 57.6 Å². The fourth-order valence-electron chi connectivity index (χ4n) is 4.84. The first-order chi connectivity index (χ1) is 12.5. The number of benzene rings is 1. The van der Waals surface area contributed by atoms with Gasteiger partial charge in [-0.05, 0) is 49.3 Å². The van der Waals surface area contributed by atoms with Gasteiger partial charge < -0.3 is 20.0 Å². The Morgan fingerprint density at radius 1 is 1.23 bits per heavy atom. The minimum atomic E-state index is -0.0220. The van der Waals surface area contributed by atoms with Crippen molar-refractivity contribution in [3.05, 3.63) is 24.3 Å². The summed E-state index contributed by atoms with van der Waals surface area (Å²) < 4.78 is 0. The largest absolute Gasteiger partial charge is 0.378 e. The van der Waals surface area contributed by atoms with Crippen molar-refractivity contribution in [2.75, 3.05) is 43.9 Å². The normalized spacial score (nSPS) is 27.8. The van der Waals surface area contributed by atoms with Crippen LogP contribution in [0.3, 0.4) is 0 Å². The SMILES string of the molecule is CN(C)c1cccc(NC(=O)N2C[C@H]3C[C@@H](C2)[C@@H]2CCCC(=O)N2C3)c1. The first kappa shape index (κ1) is 17.2. The fourth-order valence-corrected chi connectivity index (χ4v) is 4.84. The van der Waals surface area contributed by atoms with Crippen LogP contribution in [0, 0.1) is 11.8 Å². The average molecular weight is 356 g/mol. The molecule has 6 heteroatoms. The van der Waals surface area contributed by atoms with E-state index in [1.807, 2.05) is 48.2 Å². The number of anilines is 2. The van der Waals surface area contributed by atoms with Crippen LogP contribution in [0.25, 0.3) is 0 Å². The van der Waals surface area contributed by atoms with Crippen LogP contribution in [0.1, 0.15) is 25.7 Å². The van der Waals surface area contributed by atoms with E-state index in [4.69, 9.17) is 0 Å². The summed E-state index contributed by atoms with van der Waals surface area (Å²) in [5, 5.41) is 3.06. The molecule has 0 saturated carbocycles. The molecule has 0 aromatic heterocycles. The van der Waals surface area contributed by atoms with Gasteiger partial charge in [0.1, 0.15) is 0 Å². The van der Waals surface area contributed by atoms with Crippen molar-refractivity contribution in [3.8, 4) is 0 Å². The van der Waals surface area contributed by atoms with E-state index in [9.17, 15) is 9.59 Å². The van der Waals surface area contributed by atoms with Gasteiger partial charge >= 0.3 is 6.03 Å². The van der Waals surface area contributed by atoms with Crippen LogP contribution in [0.15, 0.2) is 24.3 Å². The highest BCUT2D eigenvalue weighted by molar-refractivity contribution is 5.90. The van der Waals surface area contributed by atoms with Crippen molar-refractivity contribution < 1.29 is 9.59 Å². The highest BCUT2D eigenvalue weighted by Gasteiger charge is 2.44. The number of amides is 3. The average Bonchev–Trinajstić information content (AvgIpc) is 2.62. The molecule has 4 rings (SSSR count). The Hall–Kier alpha value is -2.24. The second kappa shape index (κ2) is 6.82. The van der Waals surface area contributed by atoms with E-state index in [1.54, 1.807) is 0 Å². The molecule has 1 N–H and O–H groups in total. The van der Waals surface area contributed by atoms with Gasteiger partial charge in [-0.15, -0.1) is 0 Å². The van der Waals surface area contributed by atoms with E-state index >= 15 is 0 Å². The molecular weight excluding hydrogens is 328 g/mol. The summed E-state index contributed by atoms with van der Waals surface area (Å²) >= 11 is 0. The van der Waals surface area contributed by atoms with Gasteiger partial charge in [0.25, 0.3) is 0 Å². The van der Waals surface area contributed by atoms with Gasteiger partial charge in [-0.25, -0.2) is 4.79 Å². The Bertz CT molecular complexity index is 705. The molecule has 0 unspecified atom stereocenters. The first-order valence-corrected chi connectivity index (χ1v) is 9.64. The van der Waals surface area contributed by atoms with Gasteiger partial charge in [0.15, 0.2) is 0 Å². The van der Waals surface area contributed by atoms with Crippen LogP contribution in [-0.4, -0.2) is 61.5 Å². The molecule has 1 aromatic carbocycles. The number of urea groups is 1. The standard InChI is InChI=1S/C20H28N4O2/c1-22(2)17-6-3-5-16(10-17)21-20(26)23-11-14-9-15(13-23)18-7-4-8-19(25)24(18)12-14/h3,5-6,10,14-15,18H,4,7-9,11-13H2,1-2H3,(H,21,26)/t14-,15+,18+/m1/s1. The van der Waals surface area contributed by atoms with Crippen molar-refractivity contribution in [2.24, 2.45) is 11.8 Å². The number of likely N-dealkylation sites (tertiary alicyclic amines) is 1. The molecule has 3 atom stereocenters. The second-order valence-corrected chi connectivity index (χ2v) is 8.15. The predicted octanol–water partition coefficient (Wildman–Crippen LogP) is 2.62. The quantitative estimate of drug-likeness (QED) is 0.886. The molecule has 1 aromatic rings. The number of rotatable bonds is 2. The molecule has 6 nitrogen and oxygen atoms in total. The van der Waals surface area contributed by atoms with Crippen molar-refractivity contribution in [2.45, 2.75) is 31.7 Å². The third kappa shape index (κ3) is 3.24. The molecule has 0 aliphatic carbocycles. The number of nitrogens with zero attached hydrogens (tertiary/aromatic N) is 3. The monoisotopic (exact) mass is 356 g/mol. The summed E-state index contributed by atoms with van der Waals surface area (Å²) in [5.74, 6) is 1.14. The van der Waals surface area contributed by atoms with Gasteiger partial charge in [0.05, 0.1) is 0 Å². The number of hydrogen-bond donors (Lipinski definition) is 1. The number of piperidine rings is 3. The van der Waals surface area contributed by atoms with Crippen LogP contribution < -0.4 is 10.2 Å². The maximum Gasteiger partial charge on any atom is 0.321 e. The molecule has 2 bridgehead atoms. The molecule has 26 heavy (non-hydrogen) atoms. The van der Waals surface area contributed by atoms with Gasteiger partial charge in [-0.1, -0.05) is 6.07 Å². The highest BCUT2D eigenvalue weighted by atomic mass is 16.2. The Kier molecular flexibility index (Phi) is 4.51. The number of carbonyl (C=O) groups is 2. The van der Waals surface area contributed by atoms with Gasteiger partial charge in [-0.2, -0.15) is 0 Å².